The van der Waals surface area contributed by atoms with Crippen molar-refractivity contribution < 1.29 is 39.6 Å². The Labute approximate surface area is 241 Å². The summed E-state index contributed by atoms with van der Waals surface area (Å²) in [5.74, 6) is 2.68. The predicted molar refractivity (Wildman–Crippen MR) is 154 cm³/mol. The molecule has 232 valence electrons. The number of hydrogen-bond donors (Lipinski definition) is 4. The van der Waals surface area contributed by atoms with Gasteiger partial charge in [-0.25, -0.2) is 0 Å². The molecule has 12 atom stereocenters. The summed E-state index contributed by atoms with van der Waals surface area (Å²) in [6.45, 7) is 14.4. The summed E-state index contributed by atoms with van der Waals surface area (Å²) in [5.41, 5.74) is 0. The van der Waals surface area contributed by atoms with Crippen LogP contribution in [0.1, 0.15) is 107 Å². The Kier molecular flexibility index (Phi) is 15.4. The van der Waals surface area contributed by atoms with Crippen LogP contribution in [0.5, 0.6) is 0 Å². The largest absolute Gasteiger partial charge is 0.393 e. The number of Topliss-reactive ketones (excluding diaryl/α,β-unsaturated/α-hetero) is 4. The molecule has 4 N–H and O–H groups in total. The molecule has 0 heterocycles. The van der Waals surface area contributed by atoms with Crippen LogP contribution in [0.4, 0.5) is 0 Å². The Morgan fingerprint density at radius 2 is 0.525 bits per heavy atom. The zero-order valence-corrected chi connectivity index (χ0v) is 26.0. The third-order valence-electron chi connectivity index (χ3n) is 9.66. The summed E-state index contributed by atoms with van der Waals surface area (Å²) in [6.07, 6.45) is 5.23. The normalized spacial score (nSPS) is 40.1. The first-order valence-electron chi connectivity index (χ1n) is 15.2. The molecule has 0 spiro atoms. The molecule has 0 bridgehead atoms. The smallest absolute Gasteiger partial charge is 0.133 e. The van der Waals surface area contributed by atoms with Crippen LogP contribution in [0, 0.1) is 47.3 Å². The Bertz CT molecular complexity index is 665. The lowest BCUT2D eigenvalue weighted by Gasteiger charge is -2.03. The molecule has 0 aromatic rings. The van der Waals surface area contributed by atoms with Crippen molar-refractivity contribution in [3.63, 3.8) is 0 Å². The van der Waals surface area contributed by atoms with Gasteiger partial charge in [0.2, 0.25) is 0 Å². The van der Waals surface area contributed by atoms with Gasteiger partial charge >= 0.3 is 0 Å². The van der Waals surface area contributed by atoms with E-state index in [1.54, 1.807) is 27.7 Å². The van der Waals surface area contributed by atoms with Gasteiger partial charge in [0.1, 0.15) is 23.1 Å². The summed E-state index contributed by atoms with van der Waals surface area (Å²) in [4.78, 5) is 43.3. The average Bonchev–Trinajstić information content (AvgIpc) is 3.59. The molecule has 4 aliphatic rings. The first-order chi connectivity index (χ1) is 18.4. The third kappa shape index (κ3) is 11.8. The first kappa shape index (κ1) is 36.5. The van der Waals surface area contributed by atoms with Crippen molar-refractivity contribution in [3.05, 3.63) is 0 Å². The molecule has 0 aromatic heterocycles. The van der Waals surface area contributed by atoms with Gasteiger partial charge in [-0.2, -0.15) is 0 Å². The molecule has 4 unspecified atom stereocenters. The van der Waals surface area contributed by atoms with Crippen LogP contribution in [-0.4, -0.2) is 68.0 Å². The molecule has 8 nitrogen and oxygen atoms in total. The van der Waals surface area contributed by atoms with Gasteiger partial charge < -0.3 is 20.4 Å². The van der Waals surface area contributed by atoms with Crippen molar-refractivity contribution in [2.24, 2.45) is 47.3 Å². The van der Waals surface area contributed by atoms with Crippen LogP contribution in [0.25, 0.3) is 0 Å². The Morgan fingerprint density at radius 3 is 0.575 bits per heavy atom. The molecule has 0 saturated heterocycles. The second-order valence-corrected chi connectivity index (χ2v) is 13.3. The standard InChI is InChI=1S/4C8H14O2/c4*1-5-3-7(6(2)9)4-8(5)10/h4*5,7-8,10H,3-4H2,1-2H3/t5-,7?,8?;5-,7?,8+;5-,7+,8?;5-,7+,8+/m1111/s1. The van der Waals surface area contributed by atoms with Gasteiger partial charge in [-0.15, -0.1) is 0 Å². The Balaban J connectivity index is 0.000000267. The van der Waals surface area contributed by atoms with E-state index in [2.05, 4.69) is 0 Å². The lowest BCUT2D eigenvalue weighted by molar-refractivity contribution is -0.121. The maximum absolute atomic E-state index is 10.8. The highest BCUT2D eigenvalue weighted by atomic mass is 16.3. The predicted octanol–water partition coefficient (Wildman–Crippen LogP) is 3.93. The molecule has 4 saturated carbocycles. The molecular formula is C32H56O8. The number of carbonyl (C=O) groups excluding carboxylic acids is 4. The van der Waals surface area contributed by atoms with E-state index < -0.39 is 0 Å². The lowest BCUT2D eigenvalue weighted by atomic mass is 10.0. The zero-order valence-electron chi connectivity index (χ0n) is 26.0. The van der Waals surface area contributed by atoms with Gasteiger partial charge in [-0.1, -0.05) is 27.7 Å². The highest BCUT2D eigenvalue weighted by Crippen LogP contribution is 2.33. The van der Waals surface area contributed by atoms with E-state index in [1.165, 1.54) is 0 Å². The minimum absolute atomic E-state index is 0.130. The van der Waals surface area contributed by atoms with Gasteiger partial charge in [-0.05, 0) is 103 Å². The van der Waals surface area contributed by atoms with Crippen LogP contribution in [0.15, 0.2) is 0 Å². The van der Waals surface area contributed by atoms with E-state index in [9.17, 15) is 39.6 Å². The second-order valence-electron chi connectivity index (χ2n) is 13.3. The second kappa shape index (κ2) is 16.8. The van der Waals surface area contributed by atoms with E-state index in [1.807, 2.05) is 27.7 Å². The fourth-order valence-electron chi connectivity index (χ4n) is 6.23. The molecule has 40 heavy (non-hydrogen) atoms. The highest BCUT2D eigenvalue weighted by Gasteiger charge is 2.34. The summed E-state index contributed by atoms with van der Waals surface area (Å²) >= 11 is 0. The molecule has 0 amide bonds. The number of aliphatic hydroxyl groups excluding tert-OH is 4. The molecule has 0 radical (unpaired) electrons. The lowest BCUT2D eigenvalue weighted by Crippen LogP contribution is -2.09. The maximum Gasteiger partial charge on any atom is 0.133 e. The highest BCUT2D eigenvalue weighted by molar-refractivity contribution is 5.79. The summed E-state index contributed by atoms with van der Waals surface area (Å²) < 4.78 is 0. The van der Waals surface area contributed by atoms with Crippen molar-refractivity contribution in [2.75, 3.05) is 0 Å². The number of rotatable bonds is 4. The van der Waals surface area contributed by atoms with Crippen molar-refractivity contribution in [1.82, 2.24) is 0 Å². The first-order valence-corrected chi connectivity index (χ1v) is 15.2. The zero-order chi connectivity index (χ0) is 30.9. The van der Waals surface area contributed by atoms with E-state index in [-0.39, 0.29) is 71.2 Å². The SMILES string of the molecule is CC(=O)C1CC(O)[C@H](C)C1.CC(=O)C1C[C@@H](C)[C@@H](O)C1.CC(=O)[C@@H]1CC(O)[C@H](C)C1.CC(=O)[C@H]1C[C@@H](C)[C@@H](O)C1. The quantitative estimate of drug-likeness (QED) is 0.399. The topological polar surface area (TPSA) is 149 Å². The number of ketones is 4. The summed E-state index contributed by atoms with van der Waals surface area (Å²) in [7, 11) is 0. The van der Waals surface area contributed by atoms with Crippen LogP contribution < -0.4 is 0 Å². The summed E-state index contributed by atoms with van der Waals surface area (Å²) in [6, 6.07) is 0. The number of aliphatic hydroxyl groups is 4. The molecule has 4 rings (SSSR count). The minimum atomic E-state index is -0.242. The number of hydrogen-bond acceptors (Lipinski definition) is 8. The molecule has 0 aromatic carbocycles. The molecular weight excluding hydrogens is 512 g/mol. The van der Waals surface area contributed by atoms with Crippen molar-refractivity contribution in [2.45, 2.75) is 131 Å². The van der Waals surface area contributed by atoms with E-state index >= 15 is 0 Å². The van der Waals surface area contributed by atoms with Crippen LogP contribution in [0.2, 0.25) is 0 Å². The van der Waals surface area contributed by atoms with Gasteiger partial charge in [-0.3, -0.25) is 19.2 Å². The monoisotopic (exact) mass is 568 g/mol. The van der Waals surface area contributed by atoms with Gasteiger partial charge in [0, 0.05) is 23.7 Å². The minimum Gasteiger partial charge on any atom is -0.393 e. The van der Waals surface area contributed by atoms with Gasteiger partial charge in [0.05, 0.1) is 24.4 Å². The summed E-state index contributed by atoms with van der Waals surface area (Å²) in [5, 5.41) is 37.1. The third-order valence-corrected chi connectivity index (χ3v) is 9.66. The van der Waals surface area contributed by atoms with Crippen molar-refractivity contribution in [1.29, 1.82) is 0 Å². The average molecular weight is 569 g/mol. The van der Waals surface area contributed by atoms with E-state index in [0.29, 0.717) is 49.4 Å². The maximum atomic E-state index is 10.8. The Hall–Kier alpha value is -1.48. The molecule has 4 fully saturated rings. The van der Waals surface area contributed by atoms with E-state index in [4.69, 9.17) is 0 Å². The molecule has 4 aliphatic carbocycles. The molecule has 8 heteroatoms. The van der Waals surface area contributed by atoms with Crippen molar-refractivity contribution >= 4 is 23.1 Å². The Morgan fingerprint density at radius 1 is 0.375 bits per heavy atom. The van der Waals surface area contributed by atoms with Gasteiger partial charge in [0.25, 0.3) is 0 Å². The van der Waals surface area contributed by atoms with E-state index in [0.717, 1.165) is 25.7 Å². The van der Waals surface area contributed by atoms with Crippen molar-refractivity contribution in [3.8, 4) is 0 Å². The van der Waals surface area contributed by atoms with Gasteiger partial charge in [0.15, 0.2) is 0 Å². The van der Waals surface area contributed by atoms with Crippen LogP contribution in [-0.2, 0) is 19.2 Å². The van der Waals surface area contributed by atoms with Crippen LogP contribution >= 0.6 is 0 Å². The fraction of sp³-hybridized carbons (Fsp3) is 0.875. The molecule has 0 aliphatic heterocycles. The van der Waals surface area contributed by atoms with Crippen LogP contribution in [0.3, 0.4) is 0 Å². The fourth-order valence-corrected chi connectivity index (χ4v) is 6.23. The number of carbonyl (C=O) groups is 4.